The zero-order chi connectivity index (χ0) is 16.4. The minimum Gasteiger partial charge on any atom is -0.423 e. The maximum Gasteiger partial charge on any atom is 0.343 e. The van der Waals surface area contributed by atoms with Gasteiger partial charge < -0.3 is 9.64 Å². The fraction of sp³-hybridized carbons (Fsp3) is 0.176. The van der Waals surface area contributed by atoms with E-state index in [-0.39, 0.29) is 17.2 Å². The zero-order valence-electron chi connectivity index (χ0n) is 12.1. The van der Waals surface area contributed by atoms with Crippen molar-refractivity contribution in [3.05, 3.63) is 59.7 Å². The molecule has 1 amide bonds. The van der Waals surface area contributed by atoms with Gasteiger partial charge in [0.2, 0.25) is 5.91 Å². The van der Waals surface area contributed by atoms with Crippen LogP contribution in [0.25, 0.3) is 0 Å². The van der Waals surface area contributed by atoms with Crippen LogP contribution in [0.2, 0.25) is 0 Å². The van der Waals surface area contributed by atoms with Crippen molar-refractivity contribution in [3.8, 4) is 5.75 Å². The van der Waals surface area contributed by atoms with E-state index in [9.17, 15) is 18.4 Å². The second-order valence-electron chi connectivity index (χ2n) is 5.16. The van der Waals surface area contributed by atoms with Crippen LogP contribution in [0.5, 0.6) is 5.75 Å². The average Bonchev–Trinajstić information content (AvgIpc) is 2.97. The molecule has 1 heterocycles. The Labute approximate surface area is 131 Å². The number of carbonyl (C=O) groups excluding carboxylic acids is 2. The van der Waals surface area contributed by atoms with Gasteiger partial charge in [0.15, 0.2) is 11.6 Å². The molecule has 1 aliphatic heterocycles. The highest BCUT2D eigenvalue weighted by Crippen LogP contribution is 2.24. The third kappa shape index (κ3) is 3.21. The first-order valence-corrected chi connectivity index (χ1v) is 7.12. The molecule has 0 aromatic heterocycles. The van der Waals surface area contributed by atoms with Gasteiger partial charge in [-0.1, -0.05) is 0 Å². The van der Waals surface area contributed by atoms with Gasteiger partial charge in [-0.25, -0.2) is 13.6 Å². The molecule has 0 aliphatic carbocycles. The normalized spacial score (nSPS) is 14.2. The summed E-state index contributed by atoms with van der Waals surface area (Å²) in [5, 5.41) is 0. The number of halogens is 2. The topological polar surface area (TPSA) is 46.6 Å². The van der Waals surface area contributed by atoms with E-state index in [1.54, 1.807) is 29.2 Å². The van der Waals surface area contributed by atoms with Crippen molar-refractivity contribution in [2.75, 3.05) is 11.4 Å². The van der Waals surface area contributed by atoms with Crippen LogP contribution in [0.4, 0.5) is 14.5 Å². The molecular formula is C17H13F2NO3. The summed E-state index contributed by atoms with van der Waals surface area (Å²) >= 11 is 0. The molecule has 0 spiro atoms. The third-order valence-corrected chi connectivity index (χ3v) is 3.59. The summed E-state index contributed by atoms with van der Waals surface area (Å²) in [6.07, 6.45) is 1.36. The van der Waals surface area contributed by atoms with E-state index in [0.717, 1.165) is 30.3 Å². The number of benzene rings is 2. The van der Waals surface area contributed by atoms with Crippen molar-refractivity contribution in [2.24, 2.45) is 0 Å². The lowest BCUT2D eigenvalue weighted by Crippen LogP contribution is -2.23. The van der Waals surface area contributed by atoms with Crippen LogP contribution < -0.4 is 9.64 Å². The minimum atomic E-state index is -1.11. The van der Waals surface area contributed by atoms with Gasteiger partial charge in [0.1, 0.15) is 5.75 Å². The van der Waals surface area contributed by atoms with Gasteiger partial charge in [0, 0.05) is 18.7 Å². The summed E-state index contributed by atoms with van der Waals surface area (Å²) in [6.45, 7) is 0.673. The Morgan fingerprint density at radius 2 is 1.78 bits per heavy atom. The first-order valence-electron chi connectivity index (χ1n) is 7.12. The first-order chi connectivity index (χ1) is 11.0. The molecular weight excluding hydrogens is 304 g/mol. The predicted molar refractivity (Wildman–Crippen MR) is 79.3 cm³/mol. The van der Waals surface area contributed by atoms with Crippen molar-refractivity contribution in [3.63, 3.8) is 0 Å². The average molecular weight is 317 g/mol. The largest absolute Gasteiger partial charge is 0.423 e. The van der Waals surface area contributed by atoms with Crippen molar-refractivity contribution < 1.29 is 23.1 Å². The molecule has 118 valence electrons. The molecule has 3 rings (SSSR count). The number of amides is 1. The maximum atomic E-state index is 13.1. The molecule has 6 heteroatoms. The fourth-order valence-corrected chi connectivity index (χ4v) is 2.40. The molecule has 1 aliphatic rings. The number of esters is 1. The molecule has 0 atom stereocenters. The highest BCUT2D eigenvalue weighted by Gasteiger charge is 2.21. The van der Waals surface area contributed by atoms with Gasteiger partial charge >= 0.3 is 5.97 Å². The third-order valence-electron chi connectivity index (χ3n) is 3.59. The van der Waals surface area contributed by atoms with Crippen molar-refractivity contribution in [1.29, 1.82) is 0 Å². The molecule has 1 saturated heterocycles. The minimum absolute atomic E-state index is 0.0662. The molecule has 0 bridgehead atoms. The summed E-state index contributed by atoms with van der Waals surface area (Å²) in [6, 6.07) is 9.27. The molecule has 2 aromatic rings. The number of nitrogens with zero attached hydrogens (tertiary/aromatic N) is 1. The van der Waals surface area contributed by atoms with Gasteiger partial charge in [-0.05, 0) is 48.9 Å². The second kappa shape index (κ2) is 6.16. The summed E-state index contributed by atoms with van der Waals surface area (Å²) < 4.78 is 31.1. The molecule has 0 unspecified atom stereocenters. The first kappa shape index (κ1) is 15.1. The van der Waals surface area contributed by atoms with Crippen LogP contribution in [-0.4, -0.2) is 18.4 Å². The van der Waals surface area contributed by atoms with Crippen LogP contribution in [-0.2, 0) is 4.79 Å². The fourth-order valence-electron chi connectivity index (χ4n) is 2.40. The number of hydrogen-bond acceptors (Lipinski definition) is 3. The van der Waals surface area contributed by atoms with Gasteiger partial charge in [-0.2, -0.15) is 0 Å². The summed E-state index contributed by atoms with van der Waals surface area (Å²) in [4.78, 5) is 25.2. The molecule has 4 nitrogen and oxygen atoms in total. The zero-order valence-corrected chi connectivity index (χ0v) is 12.1. The number of hydrogen-bond donors (Lipinski definition) is 0. The van der Waals surface area contributed by atoms with Gasteiger partial charge in [0.05, 0.1) is 5.56 Å². The second-order valence-corrected chi connectivity index (χ2v) is 5.16. The standard InChI is InChI=1S/C17H13F2NO3/c18-14-8-3-11(10-15(14)19)17(22)23-13-6-4-12(5-7-13)20-9-1-2-16(20)21/h3-8,10H,1-2,9H2. The SMILES string of the molecule is O=C(Oc1ccc(N2CCCC2=O)cc1)c1ccc(F)c(F)c1. The maximum absolute atomic E-state index is 13.1. The molecule has 2 aromatic carbocycles. The summed E-state index contributed by atoms with van der Waals surface area (Å²) in [5.74, 6) is -2.59. The van der Waals surface area contributed by atoms with Crippen molar-refractivity contribution in [2.45, 2.75) is 12.8 Å². The number of ether oxygens (including phenoxy) is 1. The Morgan fingerprint density at radius 1 is 1.04 bits per heavy atom. The van der Waals surface area contributed by atoms with Crippen molar-refractivity contribution in [1.82, 2.24) is 0 Å². The lowest BCUT2D eigenvalue weighted by Gasteiger charge is -2.15. The van der Waals surface area contributed by atoms with E-state index in [1.165, 1.54) is 0 Å². The highest BCUT2D eigenvalue weighted by atomic mass is 19.2. The van der Waals surface area contributed by atoms with Crippen molar-refractivity contribution >= 4 is 17.6 Å². The molecule has 0 N–H and O–H groups in total. The van der Waals surface area contributed by atoms with Crippen LogP contribution in [0.15, 0.2) is 42.5 Å². The van der Waals surface area contributed by atoms with Crippen LogP contribution >= 0.6 is 0 Å². The van der Waals surface area contributed by atoms with Crippen LogP contribution in [0, 0.1) is 11.6 Å². The Balaban J connectivity index is 1.71. The number of anilines is 1. The van der Waals surface area contributed by atoms with Gasteiger partial charge in [-0.15, -0.1) is 0 Å². The molecule has 0 radical (unpaired) electrons. The lowest BCUT2D eigenvalue weighted by atomic mass is 10.2. The smallest absolute Gasteiger partial charge is 0.343 e. The van der Waals surface area contributed by atoms with E-state index < -0.39 is 17.6 Å². The Hall–Kier alpha value is -2.76. The highest BCUT2D eigenvalue weighted by molar-refractivity contribution is 5.95. The van der Waals surface area contributed by atoms with E-state index in [1.807, 2.05) is 0 Å². The van der Waals surface area contributed by atoms with E-state index in [0.29, 0.717) is 13.0 Å². The van der Waals surface area contributed by atoms with E-state index in [4.69, 9.17) is 4.74 Å². The lowest BCUT2D eigenvalue weighted by molar-refractivity contribution is -0.117. The monoisotopic (exact) mass is 317 g/mol. The predicted octanol–water partition coefficient (Wildman–Crippen LogP) is 3.31. The van der Waals surface area contributed by atoms with E-state index >= 15 is 0 Å². The summed E-state index contributed by atoms with van der Waals surface area (Å²) in [7, 11) is 0. The Kier molecular flexibility index (Phi) is 4.06. The summed E-state index contributed by atoms with van der Waals surface area (Å²) in [5.41, 5.74) is 0.655. The van der Waals surface area contributed by atoms with Crippen LogP contribution in [0.1, 0.15) is 23.2 Å². The number of rotatable bonds is 3. The van der Waals surface area contributed by atoms with Gasteiger partial charge in [0.25, 0.3) is 0 Å². The molecule has 23 heavy (non-hydrogen) atoms. The Morgan fingerprint density at radius 3 is 2.39 bits per heavy atom. The number of carbonyl (C=O) groups is 2. The quantitative estimate of drug-likeness (QED) is 0.644. The van der Waals surface area contributed by atoms with E-state index in [2.05, 4.69) is 0 Å². The molecule has 0 saturated carbocycles. The van der Waals surface area contributed by atoms with Gasteiger partial charge in [-0.3, -0.25) is 4.79 Å². The van der Waals surface area contributed by atoms with Crippen LogP contribution in [0.3, 0.4) is 0 Å². The molecule has 1 fully saturated rings. The Bertz CT molecular complexity index is 759.